The van der Waals surface area contributed by atoms with E-state index in [4.69, 9.17) is 9.72 Å². The number of piperidine rings is 1. The molecule has 3 aromatic rings. The molecule has 174 valence electrons. The van der Waals surface area contributed by atoms with Gasteiger partial charge in [0.1, 0.15) is 11.6 Å². The van der Waals surface area contributed by atoms with Gasteiger partial charge in [-0.25, -0.2) is 4.98 Å². The summed E-state index contributed by atoms with van der Waals surface area (Å²) in [6.07, 6.45) is 2.26. The SMILES string of the molecule is COc1ccccc1Nc1cc(C(=O)NCCCN2C[C@@H](C)C[C@H](C)C2)c2ccccc2n1. The average Bonchev–Trinajstić information content (AvgIpc) is 2.81. The Bertz CT molecular complexity index is 1090. The van der Waals surface area contributed by atoms with Crippen molar-refractivity contribution in [3.8, 4) is 5.75 Å². The Balaban J connectivity index is 1.45. The summed E-state index contributed by atoms with van der Waals surface area (Å²) in [6, 6.07) is 17.2. The number of aromatic nitrogens is 1. The van der Waals surface area contributed by atoms with Crippen LogP contribution in [0.15, 0.2) is 54.6 Å². The number of pyridine rings is 1. The first-order chi connectivity index (χ1) is 16.0. The summed E-state index contributed by atoms with van der Waals surface area (Å²) in [7, 11) is 1.64. The zero-order valence-corrected chi connectivity index (χ0v) is 19.8. The molecule has 2 atom stereocenters. The van der Waals surface area contributed by atoms with Crippen molar-refractivity contribution < 1.29 is 9.53 Å². The number of ether oxygens (including phenoxy) is 1. The largest absolute Gasteiger partial charge is 0.495 e. The Kier molecular flexibility index (Phi) is 7.45. The molecule has 0 radical (unpaired) electrons. The number of carbonyl (C=O) groups is 1. The number of likely N-dealkylation sites (tertiary alicyclic amines) is 1. The summed E-state index contributed by atoms with van der Waals surface area (Å²) < 4.78 is 5.44. The molecule has 6 nitrogen and oxygen atoms in total. The lowest BCUT2D eigenvalue weighted by Gasteiger charge is -2.34. The van der Waals surface area contributed by atoms with Crippen molar-refractivity contribution in [3.63, 3.8) is 0 Å². The fourth-order valence-corrected chi connectivity index (χ4v) is 4.89. The standard InChI is InChI=1S/C27H34N4O2/c1-19-15-20(2)18-31(17-19)14-8-13-28-27(32)22-16-26(29-23-10-5-4-9-21(22)23)30-24-11-6-7-12-25(24)33-3/h4-7,9-12,16,19-20H,8,13-15,17-18H2,1-3H3,(H,28,32)(H,29,30)/t19-,20-/m0/s1. The summed E-state index contributed by atoms with van der Waals surface area (Å²) in [5.74, 6) is 2.76. The van der Waals surface area contributed by atoms with Gasteiger partial charge >= 0.3 is 0 Å². The number of benzene rings is 2. The third-order valence-electron chi connectivity index (χ3n) is 6.21. The molecule has 33 heavy (non-hydrogen) atoms. The third-order valence-corrected chi connectivity index (χ3v) is 6.21. The average molecular weight is 447 g/mol. The molecule has 0 bridgehead atoms. The molecule has 2 N–H and O–H groups in total. The molecule has 0 aliphatic carbocycles. The highest BCUT2D eigenvalue weighted by atomic mass is 16.5. The number of hydrogen-bond acceptors (Lipinski definition) is 5. The maximum Gasteiger partial charge on any atom is 0.252 e. The molecule has 1 aliphatic heterocycles. The molecule has 2 heterocycles. The second-order valence-electron chi connectivity index (χ2n) is 9.21. The van der Waals surface area contributed by atoms with E-state index in [1.807, 2.05) is 54.6 Å². The Hall–Kier alpha value is -3.12. The van der Waals surface area contributed by atoms with Crippen LogP contribution in [-0.4, -0.2) is 49.1 Å². The maximum absolute atomic E-state index is 13.1. The highest BCUT2D eigenvalue weighted by molar-refractivity contribution is 6.07. The second kappa shape index (κ2) is 10.7. The minimum atomic E-state index is -0.0722. The quantitative estimate of drug-likeness (QED) is 0.472. The van der Waals surface area contributed by atoms with Crippen LogP contribution in [0.2, 0.25) is 0 Å². The first-order valence-corrected chi connectivity index (χ1v) is 11.8. The van der Waals surface area contributed by atoms with E-state index in [9.17, 15) is 4.79 Å². The number of methoxy groups -OCH3 is 1. The van der Waals surface area contributed by atoms with E-state index in [2.05, 4.69) is 29.4 Å². The van der Waals surface area contributed by atoms with E-state index in [1.165, 1.54) is 6.42 Å². The van der Waals surface area contributed by atoms with Crippen molar-refractivity contribution in [2.24, 2.45) is 11.8 Å². The van der Waals surface area contributed by atoms with Crippen LogP contribution in [0, 0.1) is 11.8 Å². The van der Waals surface area contributed by atoms with Crippen LogP contribution in [0.25, 0.3) is 10.9 Å². The second-order valence-corrected chi connectivity index (χ2v) is 9.21. The zero-order valence-electron chi connectivity index (χ0n) is 19.8. The van der Waals surface area contributed by atoms with Gasteiger partial charge in [0.2, 0.25) is 0 Å². The number of para-hydroxylation sites is 3. The highest BCUT2D eigenvalue weighted by Crippen LogP contribution is 2.28. The molecule has 0 spiro atoms. The van der Waals surface area contributed by atoms with Crippen LogP contribution < -0.4 is 15.4 Å². The number of nitrogens with zero attached hydrogens (tertiary/aromatic N) is 2. The Morgan fingerprint density at radius 2 is 1.82 bits per heavy atom. The number of rotatable bonds is 8. The molecule has 1 aromatic heterocycles. The van der Waals surface area contributed by atoms with Crippen LogP contribution in [0.4, 0.5) is 11.5 Å². The molecule has 1 fully saturated rings. The molecule has 4 rings (SSSR count). The number of amides is 1. The van der Waals surface area contributed by atoms with E-state index >= 15 is 0 Å². The molecule has 1 amide bonds. The maximum atomic E-state index is 13.1. The number of fused-ring (bicyclic) bond motifs is 1. The van der Waals surface area contributed by atoms with Crippen LogP contribution in [0.3, 0.4) is 0 Å². The summed E-state index contributed by atoms with van der Waals surface area (Å²) in [5, 5.41) is 7.27. The van der Waals surface area contributed by atoms with Crippen molar-refractivity contribution in [1.82, 2.24) is 15.2 Å². The molecule has 2 aromatic carbocycles. The fraction of sp³-hybridized carbons (Fsp3) is 0.407. The van der Waals surface area contributed by atoms with Gasteiger partial charge in [0, 0.05) is 25.0 Å². The van der Waals surface area contributed by atoms with Crippen LogP contribution in [-0.2, 0) is 0 Å². The van der Waals surface area contributed by atoms with Crippen LogP contribution >= 0.6 is 0 Å². The van der Waals surface area contributed by atoms with Crippen molar-refractivity contribution in [1.29, 1.82) is 0 Å². The minimum absolute atomic E-state index is 0.0722. The Morgan fingerprint density at radius 1 is 1.09 bits per heavy atom. The number of hydrogen-bond donors (Lipinski definition) is 2. The summed E-state index contributed by atoms with van der Waals surface area (Å²) in [6.45, 7) is 8.65. The van der Waals surface area contributed by atoms with E-state index in [1.54, 1.807) is 7.11 Å². The highest BCUT2D eigenvalue weighted by Gasteiger charge is 2.21. The van der Waals surface area contributed by atoms with E-state index in [0.717, 1.165) is 60.2 Å². The lowest BCUT2D eigenvalue weighted by Crippen LogP contribution is -2.40. The predicted octanol–water partition coefficient (Wildman–Crippen LogP) is 5.08. The molecular formula is C27H34N4O2. The van der Waals surface area contributed by atoms with Gasteiger partial charge in [-0.15, -0.1) is 0 Å². The topological polar surface area (TPSA) is 66.5 Å². The fourth-order valence-electron chi connectivity index (χ4n) is 4.89. The predicted molar refractivity (Wildman–Crippen MR) is 134 cm³/mol. The first kappa shape index (κ1) is 23.1. The molecule has 1 saturated heterocycles. The van der Waals surface area contributed by atoms with Gasteiger partial charge < -0.3 is 20.3 Å². The summed E-state index contributed by atoms with van der Waals surface area (Å²) in [4.78, 5) is 20.4. The van der Waals surface area contributed by atoms with Gasteiger partial charge in [0.25, 0.3) is 5.91 Å². The summed E-state index contributed by atoms with van der Waals surface area (Å²) >= 11 is 0. The van der Waals surface area contributed by atoms with Gasteiger partial charge in [-0.3, -0.25) is 4.79 Å². The lowest BCUT2D eigenvalue weighted by atomic mass is 9.92. The molecule has 1 aliphatic rings. The van der Waals surface area contributed by atoms with E-state index in [-0.39, 0.29) is 5.91 Å². The Labute approximate surface area is 196 Å². The summed E-state index contributed by atoms with van der Waals surface area (Å²) in [5.41, 5.74) is 2.20. The van der Waals surface area contributed by atoms with Crippen molar-refractivity contribution in [2.45, 2.75) is 26.7 Å². The lowest BCUT2D eigenvalue weighted by molar-refractivity contribution is 0.0949. The molecule has 0 unspecified atom stereocenters. The zero-order chi connectivity index (χ0) is 23.2. The third kappa shape index (κ3) is 5.82. The number of carbonyl (C=O) groups excluding carboxylic acids is 1. The normalized spacial score (nSPS) is 18.8. The molecule has 6 heteroatoms. The monoisotopic (exact) mass is 446 g/mol. The van der Waals surface area contributed by atoms with E-state index in [0.29, 0.717) is 17.9 Å². The molecule has 0 saturated carbocycles. The number of anilines is 2. The van der Waals surface area contributed by atoms with Gasteiger partial charge in [0.15, 0.2) is 0 Å². The van der Waals surface area contributed by atoms with Crippen LogP contribution in [0.1, 0.15) is 37.0 Å². The van der Waals surface area contributed by atoms with Gasteiger partial charge in [-0.1, -0.05) is 44.2 Å². The van der Waals surface area contributed by atoms with Gasteiger partial charge in [-0.05, 0) is 55.5 Å². The first-order valence-electron chi connectivity index (χ1n) is 11.8. The molecular weight excluding hydrogens is 412 g/mol. The van der Waals surface area contributed by atoms with Gasteiger partial charge in [0.05, 0.1) is 23.9 Å². The number of nitrogens with one attached hydrogen (secondary N) is 2. The smallest absolute Gasteiger partial charge is 0.252 e. The van der Waals surface area contributed by atoms with E-state index < -0.39 is 0 Å². The van der Waals surface area contributed by atoms with Gasteiger partial charge in [-0.2, -0.15) is 0 Å². The minimum Gasteiger partial charge on any atom is -0.495 e. The van der Waals surface area contributed by atoms with Crippen molar-refractivity contribution in [3.05, 3.63) is 60.2 Å². The van der Waals surface area contributed by atoms with Crippen LogP contribution in [0.5, 0.6) is 5.75 Å². The van der Waals surface area contributed by atoms with Crippen molar-refractivity contribution >= 4 is 28.3 Å². The Morgan fingerprint density at radius 3 is 2.61 bits per heavy atom. The van der Waals surface area contributed by atoms with Crippen molar-refractivity contribution in [2.75, 3.05) is 38.6 Å².